The van der Waals surface area contributed by atoms with Gasteiger partial charge in [-0.05, 0) is 45.6 Å². The zero-order valence-electron chi connectivity index (χ0n) is 26.7. The molecule has 47 heavy (non-hydrogen) atoms. The number of aromatic nitrogens is 2. The summed E-state index contributed by atoms with van der Waals surface area (Å²) < 4.78 is 72.9. The van der Waals surface area contributed by atoms with Crippen LogP contribution in [0.5, 0.6) is 0 Å². The molecule has 1 aromatic heterocycles. The molecule has 1 unspecified atom stereocenters. The van der Waals surface area contributed by atoms with Crippen LogP contribution in [-0.4, -0.2) is 100 Å². The van der Waals surface area contributed by atoms with Gasteiger partial charge >= 0.3 is 12.3 Å². The van der Waals surface area contributed by atoms with Gasteiger partial charge < -0.3 is 19.1 Å². The number of rotatable bonds is 7. The number of hydrogen-bond acceptors (Lipinski definition) is 6. The van der Waals surface area contributed by atoms with Gasteiger partial charge in [-0.3, -0.25) is 4.79 Å². The number of halogens is 3. The van der Waals surface area contributed by atoms with Gasteiger partial charge in [-0.2, -0.15) is 17.5 Å². The fourth-order valence-electron chi connectivity index (χ4n) is 6.19. The van der Waals surface area contributed by atoms with E-state index in [0.29, 0.717) is 30.5 Å². The molecule has 2 saturated heterocycles. The molecule has 2 fully saturated rings. The van der Waals surface area contributed by atoms with E-state index in [9.17, 15) is 31.2 Å². The second-order valence-electron chi connectivity index (χ2n) is 13.0. The average Bonchev–Trinajstić information content (AvgIpc) is 3.45. The molecule has 0 aliphatic carbocycles. The Kier molecular flexibility index (Phi) is 10.0. The Morgan fingerprint density at radius 2 is 1.60 bits per heavy atom. The van der Waals surface area contributed by atoms with Crippen LogP contribution in [0.25, 0.3) is 11.3 Å². The van der Waals surface area contributed by atoms with E-state index in [1.807, 2.05) is 48.5 Å². The number of ether oxygens (including phenoxy) is 1. The van der Waals surface area contributed by atoms with Gasteiger partial charge in [-0.1, -0.05) is 60.7 Å². The van der Waals surface area contributed by atoms with Crippen molar-refractivity contribution in [2.24, 2.45) is 0 Å². The van der Waals surface area contributed by atoms with E-state index in [-0.39, 0.29) is 44.3 Å². The number of carbonyl (C=O) groups is 2. The van der Waals surface area contributed by atoms with Crippen molar-refractivity contribution in [1.82, 2.24) is 23.7 Å². The van der Waals surface area contributed by atoms with Crippen LogP contribution >= 0.6 is 0 Å². The number of alkyl halides is 3. The summed E-state index contributed by atoms with van der Waals surface area (Å²) in [5, 5.41) is 0. The van der Waals surface area contributed by atoms with Crippen LogP contribution in [0.15, 0.2) is 67.0 Å². The summed E-state index contributed by atoms with van der Waals surface area (Å²) in [6.07, 6.45) is -2.53. The number of piperidine rings is 1. The molecule has 2 atom stereocenters. The lowest BCUT2D eigenvalue weighted by Gasteiger charge is -2.41. The molecule has 0 spiro atoms. The Balaban J connectivity index is 1.47. The summed E-state index contributed by atoms with van der Waals surface area (Å²) in [6, 6.07) is 17.8. The summed E-state index contributed by atoms with van der Waals surface area (Å²) >= 11 is 0. The van der Waals surface area contributed by atoms with Crippen LogP contribution in [0.3, 0.4) is 0 Å². The van der Waals surface area contributed by atoms with Crippen molar-refractivity contribution < 1.29 is 35.9 Å². The smallest absolute Gasteiger partial charge is 0.410 e. The van der Waals surface area contributed by atoms with Crippen LogP contribution in [0.1, 0.15) is 55.7 Å². The first-order valence-corrected chi connectivity index (χ1v) is 17.2. The van der Waals surface area contributed by atoms with Crippen LogP contribution < -0.4 is 0 Å². The lowest BCUT2D eigenvalue weighted by atomic mass is 10.0. The molecule has 2 aliphatic heterocycles. The van der Waals surface area contributed by atoms with Crippen LogP contribution in [0, 0.1) is 0 Å². The molecule has 3 aromatic rings. The fraction of sp³-hybridized carbons (Fsp3) is 0.485. The van der Waals surface area contributed by atoms with Gasteiger partial charge in [0.05, 0.1) is 18.1 Å². The maximum Gasteiger partial charge on any atom is 0.410 e. The van der Waals surface area contributed by atoms with E-state index >= 15 is 0 Å². The minimum absolute atomic E-state index is 0.0147. The van der Waals surface area contributed by atoms with Crippen LogP contribution in [0.4, 0.5) is 18.0 Å². The topological polar surface area (TPSA) is 105 Å². The van der Waals surface area contributed by atoms with E-state index in [2.05, 4.69) is 4.98 Å². The highest BCUT2D eigenvalue weighted by molar-refractivity contribution is 7.89. The quantitative estimate of drug-likeness (QED) is 0.333. The summed E-state index contributed by atoms with van der Waals surface area (Å²) in [7, 11) is -4.59. The predicted octanol–water partition coefficient (Wildman–Crippen LogP) is 5.38. The van der Waals surface area contributed by atoms with Gasteiger partial charge in [0.25, 0.3) is 5.91 Å². The third-order valence-electron chi connectivity index (χ3n) is 8.25. The van der Waals surface area contributed by atoms with Crippen LogP contribution in [0.2, 0.25) is 0 Å². The van der Waals surface area contributed by atoms with Gasteiger partial charge in [0.2, 0.25) is 10.0 Å². The maximum absolute atomic E-state index is 14.5. The summed E-state index contributed by atoms with van der Waals surface area (Å²) in [5.41, 5.74) is 1.57. The molecule has 2 aromatic carbocycles. The fourth-order valence-corrected chi connectivity index (χ4v) is 7.59. The molecule has 2 amide bonds. The zero-order valence-corrected chi connectivity index (χ0v) is 27.5. The largest absolute Gasteiger partial charge is 0.444 e. The molecule has 2 aliphatic rings. The van der Waals surface area contributed by atoms with Crippen molar-refractivity contribution in [3.8, 4) is 11.3 Å². The molecule has 14 heteroatoms. The van der Waals surface area contributed by atoms with Gasteiger partial charge in [0.15, 0.2) is 11.4 Å². The summed E-state index contributed by atoms with van der Waals surface area (Å²) in [5.74, 6) is -2.28. The lowest BCUT2D eigenvalue weighted by molar-refractivity contribution is -0.107. The normalized spacial score (nSPS) is 19.9. The van der Waals surface area contributed by atoms with Gasteiger partial charge in [0, 0.05) is 44.3 Å². The second kappa shape index (κ2) is 13.7. The Labute approximate surface area is 273 Å². The molecular formula is C33H40F3N5O5S. The minimum atomic E-state index is -4.86. The molecule has 0 bridgehead atoms. The first-order valence-electron chi connectivity index (χ1n) is 15.6. The van der Waals surface area contributed by atoms with Crippen molar-refractivity contribution in [1.29, 1.82) is 0 Å². The Morgan fingerprint density at radius 3 is 2.23 bits per heavy atom. The van der Waals surface area contributed by atoms with Gasteiger partial charge in [-0.15, -0.1) is 0 Å². The van der Waals surface area contributed by atoms with Crippen molar-refractivity contribution in [2.75, 3.05) is 38.5 Å². The predicted molar refractivity (Wildman–Crippen MR) is 170 cm³/mol. The highest BCUT2D eigenvalue weighted by atomic mass is 32.2. The molecule has 10 nitrogen and oxygen atoms in total. The van der Waals surface area contributed by atoms with Crippen molar-refractivity contribution in [3.05, 3.63) is 78.2 Å². The average molecular weight is 676 g/mol. The molecule has 0 radical (unpaired) electrons. The Bertz CT molecular complexity index is 1660. The van der Waals surface area contributed by atoms with E-state index in [1.165, 1.54) is 6.33 Å². The van der Waals surface area contributed by atoms with Gasteiger partial charge in [0.1, 0.15) is 5.60 Å². The number of sulfonamides is 1. The third-order valence-corrected chi connectivity index (χ3v) is 10.1. The number of carbonyl (C=O) groups excluding carboxylic acids is 2. The Hall–Kier alpha value is -3.91. The van der Waals surface area contributed by atoms with Crippen molar-refractivity contribution in [2.45, 2.75) is 63.9 Å². The highest BCUT2D eigenvalue weighted by Gasteiger charge is 2.41. The van der Waals surface area contributed by atoms with Gasteiger partial charge in [-0.25, -0.2) is 18.2 Å². The molecule has 0 N–H and O–H groups in total. The third kappa shape index (κ3) is 8.52. The van der Waals surface area contributed by atoms with E-state index in [4.69, 9.17) is 4.74 Å². The summed E-state index contributed by atoms with van der Waals surface area (Å²) in [4.78, 5) is 35.4. The number of amides is 2. The summed E-state index contributed by atoms with van der Waals surface area (Å²) in [6.45, 7) is 5.92. The standard InChI is InChI=1S/C33H40F3N5O5S/c1-32(2,3)46-31(43)38-17-18-40(27(20-38)19-24-11-6-4-7-12-24)30(42)28-29(25-13-8-5-9-14-25)41(23-37-28)26-15-10-16-39(21-26)47(44,45)22-33(34,35)36/h4-9,11-14,23,26-27H,10,15-22H2,1-3H3/t26?,27-/m1/s1. The van der Waals surface area contributed by atoms with E-state index in [1.54, 1.807) is 47.3 Å². The van der Waals surface area contributed by atoms with Crippen molar-refractivity contribution >= 4 is 22.0 Å². The highest BCUT2D eigenvalue weighted by Crippen LogP contribution is 2.34. The second-order valence-corrected chi connectivity index (χ2v) is 15.0. The molecule has 3 heterocycles. The lowest BCUT2D eigenvalue weighted by Crippen LogP contribution is -2.58. The SMILES string of the molecule is CC(C)(C)OC(=O)N1CCN(C(=O)c2ncn(C3CCCN(S(=O)(=O)CC(F)(F)F)C3)c2-c2ccccc2)[C@H](Cc2ccccc2)C1. The number of hydrogen-bond donors (Lipinski definition) is 0. The zero-order chi connectivity index (χ0) is 34.0. The van der Waals surface area contributed by atoms with E-state index < -0.39 is 45.7 Å². The molecule has 0 saturated carbocycles. The maximum atomic E-state index is 14.5. The van der Waals surface area contributed by atoms with Crippen molar-refractivity contribution in [3.63, 3.8) is 0 Å². The first-order chi connectivity index (χ1) is 22.1. The molecular weight excluding hydrogens is 635 g/mol. The van der Waals surface area contributed by atoms with Crippen LogP contribution in [-0.2, 0) is 21.2 Å². The monoisotopic (exact) mass is 675 g/mol. The molecule has 254 valence electrons. The number of piperazine rings is 1. The minimum Gasteiger partial charge on any atom is -0.444 e. The Morgan fingerprint density at radius 1 is 0.936 bits per heavy atom. The number of benzene rings is 2. The first kappa shape index (κ1) is 34.4. The number of nitrogens with zero attached hydrogens (tertiary/aromatic N) is 5. The van der Waals surface area contributed by atoms with E-state index in [0.717, 1.165) is 9.87 Å². The number of imidazole rings is 1. The molecule has 5 rings (SSSR count).